The first-order valence-corrected chi connectivity index (χ1v) is 22.1. The van der Waals surface area contributed by atoms with Gasteiger partial charge in [-0.1, -0.05) is 27.2 Å². The van der Waals surface area contributed by atoms with E-state index in [2.05, 4.69) is 42.2 Å². The number of aliphatic hydroxyl groups excluding tert-OH is 3. The molecule has 24 heteroatoms. The Morgan fingerprint density at radius 2 is 1.48 bits per heavy atom. The van der Waals surface area contributed by atoms with Gasteiger partial charge in [0.25, 0.3) is 0 Å². The van der Waals surface area contributed by atoms with Gasteiger partial charge in [0.1, 0.15) is 34.9 Å². The lowest BCUT2D eigenvalue weighted by atomic mass is 9.85. The van der Waals surface area contributed by atoms with Gasteiger partial charge in [0.2, 0.25) is 47.3 Å². The summed E-state index contributed by atoms with van der Waals surface area (Å²) in [5.41, 5.74) is 5.76. The van der Waals surface area contributed by atoms with Gasteiger partial charge in [0.05, 0.1) is 72.4 Å². The lowest BCUT2D eigenvalue weighted by molar-refractivity contribution is -0.139. The Bertz CT molecular complexity index is 2200. The van der Waals surface area contributed by atoms with Gasteiger partial charge in [-0.3, -0.25) is 47.4 Å². The SMILES string of the molecule is CCC(C)C1NC(=O)CNC(=O)C2Cc3c([nH]c4cc(O)ccc34)S(=O)CC(NC(=O)CNC1=O)C(=O)NC(CC(N)=O)C(=O)C1CC(O)CC1C(=O)NC(C(C)C(O)CO)C(=O)N2. The Kier molecular flexibility index (Phi) is 16.2. The zero-order valence-corrected chi connectivity index (χ0v) is 36.1. The predicted octanol–water partition coefficient (Wildman–Crippen LogP) is -4.93. The number of phenolic OH excluding ortho intramolecular Hbond substituents is 1. The van der Waals surface area contributed by atoms with E-state index in [1.165, 1.54) is 25.1 Å². The van der Waals surface area contributed by atoms with Crippen molar-refractivity contribution in [1.29, 1.82) is 0 Å². The molecule has 5 rings (SSSR count). The fourth-order valence-corrected chi connectivity index (χ4v) is 9.50. The molecule has 1 saturated carbocycles. The number of aromatic amines is 1. The van der Waals surface area contributed by atoms with E-state index in [9.17, 15) is 67.8 Å². The Balaban J connectivity index is 1.73. The predicted molar refractivity (Wildman–Crippen MR) is 223 cm³/mol. The van der Waals surface area contributed by atoms with Crippen LogP contribution in [0.2, 0.25) is 0 Å². The average molecular weight is 918 g/mol. The molecule has 2 aromatic rings. The Morgan fingerprint density at radius 1 is 0.828 bits per heavy atom. The highest BCUT2D eigenvalue weighted by Crippen LogP contribution is 2.35. The number of phenols is 1. The van der Waals surface area contributed by atoms with Crippen molar-refractivity contribution in [2.24, 2.45) is 29.4 Å². The summed E-state index contributed by atoms with van der Waals surface area (Å²) < 4.78 is 14.6. The zero-order chi connectivity index (χ0) is 47.2. The molecule has 2 aliphatic heterocycles. The third kappa shape index (κ3) is 11.6. The van der Waals surface area contributed by atoms with E-state index in [1.807, 2.05) is 0 Å². The van der Waals surface area contributed by atoms with Crippen molar-refractivity contribution in [2.75, 3.05) is 25.4 Å². The summed E-state index contributed by atoms with van der Waals surface area (Å²) in [6, 6.07) is -4.28. The number of carbonyl (C=O) groups excluding carboxylic acids is 9. The molecule has 8 amide bonds. The van der Waals surface area contributed by atoms with Crippen molar-refractivity contribution in [3.05, 3.63) is 23.8 Å². The maximum atomic E-state index is 14.6. The molecule has 2 bridgehead atoms. The quantitative estimate of drug-likeness (QED) is 0.124. The molecular weight excluding hydrogens is 863 g/mol. The largest absolute Gasteiger partial charge is 0.508 e. The Hall–Kier alpha value is -5.98. The maximum Gasteiger partial charge on any atom is 0.244 e. The minimum atomic E-state index is -2.37. The number of benzene rings is 1. The molecule has 3 heterocycles. The summed E-state index contributed by atoms with van der Waals surface area (Å²) in [6.45, 7) is 2.31. The summed E-state index contributed by atoms with van der Waals surface area (Å²) in [7, 11) is -2.37. The Morgan fingerprint density at radius 3 is 2.14 bits per heavy atom. The topological polar surface area (TPSA) is 378 Å². The first-order chi connectivity index (χ1) is 30.2. The van der Waals surface area contributed by atoms with Crippen molar-refractivity contribution in [3.8, 4) is 5.75 Å². The lowest BCUT2D eigenvalue weighted by Crippen LogP contribution is -2.60. The van der Waals surface area contributed by atoms with E-state index in [1.54, 1.807) is 13.8 Å². The van der Waals surface area contributed by atoms with Crippen molar-refractivity contribution in [1.82, 2.24) is 42.2 Å². The van der Waals surface area contributed by atoms with Crippen LogP contribution in [0.25, 0.3) is 10.9 Å². The number of H-pyrrole nitrogens is 1. The summed E-state index contributed by atoms with van der Waals surface area (Å²) in [5, 5.41) is 59.0. The molecule has 1 fully saturated rings. The van der Waals surface area contributed by atoms with Crippen LogP contribution in [0.4, 0.5) is 0 Å². The van der Waals surface area contributed by atoms with Crippen molar-refractivity contribution in [3.63, 3.8) is 0 Å². The number of rotatable bonds is 7. The van der Waals surface area contributed by atoms with Gasteiger partial charge < -0.3 is 68.4 Å². The molecule has 0 radical (unpaired) electrons. The first kappa shape index (κ1) is 49.0. The van der Waals surface area contributed by atoms with E-state index in [4.69, 9.17) is 5.73 Å². The van der Waals surface area contributed by atoms with E-state index in [0.717, 1.165) is 0 Å². The van der Waals surface area contributed by atoms with Crippen molar-refractivity contribution < 1.29 is 67.8 Å². The van der Waals surface area contributed by atoms with Crippen LogP contribution in [0.5, 0.6) is 5.75 Å². The number of amides is 8. The van der Waals surface area contributed by atoms with Crippen LogP contribution in [0.15, 0.2) is 23.2 Å². The molecule has 1 aromatic carbocycles. The zero-order valence-electron chi connectivity index (χ0n) is 35.3. The molecule has 1 aliphatic carbocycles. The van der Waals surface area contributed by atoms with Crippen LogP contribution in [-0.4, -0.2) is 151 Å². The minimum Gasteiger partial charge on any atom is -0.508 e. The van der Waals surface area contributed by atoms with Gasteiger partial charge in [-0.25, -0.2) is 0 Å². The number of aromatic hydroxyl groups is 1. The molecule has 64 heavy (non-hydrogen) atoms. The molecule has 3 aliphatic rings. The number of hydrogen-bond donors (Lipinski definition) is 13. The minimum absolute atomic E-state index is 0.0867. The van der Waals surface area contributed by atoms with Crippen LogP contribution in [0, 0.1) is 23.7 Å². The molecule has 350 valence electrons. The number of nitrogens with two attached hydrogens (primary N) is 1. The van der Waals surface area contributed by atoms with Crippen LogP contribution in [0.3, 0.4) is 0 Å². The monoisotopic (exact) mass is 917 g/mol. The van der Waals surface area contributed by atoms with Crippen LogP contribution in [-0.2, 0) is 60.4 Å². The third-order valence-electron chi connectivity index (χ3n) is 12.0. The molecule has 0 spiro atoms. The van der Waals surface area contributed by atoms with E-state index < -0.39 is 168 Å². The standard InChI is InChI=1S/C40H55N9O14S/c1-4-16(2)32-38(61)43-12-30(55)44-27-15-64(63)40-23(20-6-5-18(51)9-24(20)47-40)10-26(36(59)42-13-31(56)48-32)46-39(62)33(17(3)28(53)14-50)49-35(58)22-8-19(52)7-21(22)34(57)25(11-29(41)54)45-37(27)60/h5-6,9,16-17,19,21-22,25-28,32-33,47,50-53H,4,7-8,10-15H2,1-3H3,(H2,41,54)(H,42,59)(H,43,61)(H,44,55)(H,45,60)(H,46,62)(H,48,56)(H,49,58). The number of carbonyl (C=O) groups is 9. The molecule has 0 saturated heterocycles. The summed E-state index contributed by atoms with van der Waals surface area (Å²) in [6.07, 6.45) is -4.55. The first-order valence-electron chi connectivity index (χ1n) is 20.8. The van der Waals surface area contributed by atoms with Gasteiger partial charge >= 0.3 is 0 Å². The maximum absolute atomic E-state index is 14.6. The number of aliphatic hydroxyl groups is 3. The van der Waals surface area contributed by atoms with Crippen LogP contribution in [0.1, 0.15) is 52.0 Å². The number of fused-ring (bicyclic) bond motifs is 5. The van der Waals surface area contributed by atoms with E-state index >= 15 is 0 Å². The second-order valence-electron chi connectivity index (χ2n) is 16.5. The van der Waals surface area contributed by atoms with E-state index in [0.29, 0.717) is 6.42 Å². The van der Waals surface area contributed by atoms with Crippen LogP contribution >= 0.6 is 0 Å². The second-order valence-corrected chi connectivity index (χ2v) is 17.9. The Labute approximate surface area is 368 Å². The summed E-state index contributed by atoms with van der Waals surface area (Å²) in [4.78, 5) is 127. The van der Waals surface area contributed by atoms with Gasteiger partial charge in [-0.15, -0.1) is 0 Å². The number of nitrogens with one attached hydrogen (secondary N) is 8. The second kappa shape index (κ2) is 21.1. The molecule has 12 unspecified atom stereocenters. The lowest BCUT2D eigenvalue weighted by Gasteiger charge is -2.31. The molecule has 12 atom stereocenters. The van der Waals surface area contributed by atoms with Crippen LogP contribution < -0.4 is 43.0 Å². The number of aromatic nitrogens is 1. The van der Waals surface area contributed by atoms with Gasteiger partial charge in [-0.2, -0.15) is 0 Å². The molecular formula is C40H55N9O14S. The summed E-state index contributed by atoms with van der Waals surface area (Å²) >= 11 is 0. The number of Topliss-reactive ketones (excluding diaryl/α,β-unsaturated/α-hetero) is 1. The normalized spacial score (nSPS) is 29.6. The van der Waals surface area contributed by atoms with Gasteiger partial charge in [0, 0.05) is 29.7 Å². The highest BCUT2D eigenvalue weighted by molar-refractivity contribution is 7.85. The van der Waals surface area contributed by atoms with E-state index in [-0.39, 0.29) is 40.1 Å². The molecule has 23 nitrogen and oxygen atoms in total. The average Bonchev–Trinajstić information content (AvgIpc) is 3.82. The van der Waals surface area contributed by atoms with Gasteiger partial charge in [0.15, 0.2) is 5.78 Å². The number of hydrogen-bond acceptors (Lipinski definition) is 14. The highest BCUT2D eigenvalue weighted by Gasteiger charge is 2.47. The molecule has 14 N–H and O–H groups in total. The van der Waals surface area contributed by atoms with Gasteiger partial charge in [-0.05, 0) is 36.5 Å². The fourth-order valence-electron chi connectivity index (χ4n) is 8.10. The number of ketones is 1. The molecule has 1 aromatic heterocycles. The fraction of sp³-hybridized carbons (Fsp3) is 0.575. The van der Waals surface area contributed by atoms with Crippen molar-refractivity contribution >= 4 is 74.7 Å². The third-order valence-corrected chi connectivity index (χ3v) is 13.4. The summed E-state index contributed by atoms with van der Waals surface area (Å²) in [5.74, 6) is -14.5. The van der Waals surface area contributed by atoms with Crippen molar-refractivity contribution in [2.45, 2.75) is 100 Å². The number of primary amides is 1. The smallest absolute Gasteiger partial charge is 0.244 e. The highest BCUT2D eigenvalue weighted by atomic mass is 32.2.